The Morgan fingerprint density at radius 1 is 1.27 bits per heavy atom. The summed E-state index contributed by atoms with van der Waals surface area (Å²) in [6, 6.07) is 9.55. The van der Waals surface area contributed by atoms with Gasteiger partial charge in [-0.3, -0.25) is 14.6 Å². The fraction of sp³-hybridized carbons (Fsp3) is 0.188. The Hall–Kier alpha value is -2.76. The van der Waals surface area contributed by atoms with Gasteiger partial charge in [-0.1, -0.05) is 30.3 Å². The molecule has 0 aliphatic carbocycles. The second-order valence-electron chi connectivity index (χ2n) is 4.96. The molecule has 1 atom stereocenters. The lowest BCUT2D eigenvalue weighted by molar-refractivity contribution is -0.128. The third-order valence-corrected chi connectivity index (χ3v) is 3.59. The first-order valence-corrected chi connectivity index (χ1v) is 6.91. The standard InChI is InChI=1S/C16H14FN3O2/c17-13-10-18-7-6-12(13)16(22)20-9-8-19-15(21)14(20)11-4-2-1-3-5-11/h1-7,10,14H,8-9H2,(H,19,21)/t14-/m1/s1. The fourth-order valence-corrected chi connectivity index (χ4v) is 2.56. The molecule has 5 nitrogen and oxygen atoms in total. The van der Waals surface area contributed by atoms with E-state index >= 15 is 0 Å². The molecule has 3 rings (SSSR count). The lowest BCUT2D eigenvalue weighted by atomic mass is 10.0. The van der Waals surface area contributed by atoms with Gasteiger partial charge in [-0.25, -0.2) is 4.39 Å². The molecule has 1 aromatic heterocycles. The quantitative estimate of drug-likeness (QED) is 0.915. The molecule has 0 spiro atoms. The second-order valence-corrected chi connectivity index (χ2v) is 4.96. The molecule has 112 valence electrons. The zero-order valence-electron chi connectivity index (χ0n) is 11.7. The van der Waals surface area contributed by atoms with E-state index in [0.717, 1.165) is 6.20 Å². The van der Waals surface area contributed by atoms with Gasteiger partial charge in [0, 0.05) is 19.3 Å². The van der Waals surface area contributed by atoms with Gasteiger partial charge in [-0.2, -0.15) is 0 Å². The van der Waals surface area contributed by atoms with Gasteiger partial charge in [0.25, 0.3) is 5.91 Å². The lowest BCUT2D eigenvalue weighted by Gasteiger charge is -2.35. The Morgan fingerprint density at radius 3 is 2.77 bits per heavy atom. The maximum atomic E-state index is 13.8. The molecule has 0 unspecified atom stereocenters. The highest BCUT2D eigenvalue weighted by Gasteiger charge is 2.35. The third kappa shape index (κ3) is 2.55. The van der Waals surface area contributed by atoms with Crippen LogP contribution in [0.25, 0.3) is 0 Å². The predicted molar refractivity (Wildman–Crippen MR) is 77.4 cm³/mol. The van der Waals surface area contributed by atoms with Crippen molar-refractivity contribution in [2.75, 3.05) is 13.1 Å². The first-order chi connectivity index (χ1) is 10.7. The molecule has 1 aliphatic heterocycles. The summed E-state index contributed by atoms with van der Waals surface area (Å²) in [5, 5.41) is 2.74. The van der Waals surface area contributed by atoms with Gasteiger partial charge < -0.3 is 10.2 Å². The summed E-state index contributed by atoms with van der Waals surface area (Å²) >= 11 is 0. The third-order valence-electron chi connectivity index (χ3n) is 3.59. The Balaban J connectivity index is 1.98. The van der Waals surface area contributed by atoms with Gasteiger partial charge in [-0.15, -0.1) is 0 Å². The number of hydrogen-bond acceptors (Lipinski definition) is 3. The Morgan fingerprint density at radius 2 is 2.05 bits per heavy atom. The zero-order chi connectivity index (χ0) is 15.5. The van der Waals surface area contributed by atoms with E-state index in [0.29, 0.717) is 18.7 Å². The van der Waals surface area contributed by atoms with Gasteiger partial charge in [-0.05, 0) is 11.6 Å². The highest BCUT2D eigenvalue weighted by molar-refractivity contribution is 5.98. The van der Waals surface area contributed by atoms with Crippen LogP contribution in [0.1, 0.15) is 22.0 Å². The highest BCUT2D eigenvalue weighted by Crippen LogP contribution is 2.25. The zero-order valence-corrected chi connectivity index (χ0v) is 11.7. The smallest absolute Gasteiger partial charge is 0.257 e. The number of amides is 2. The van der Waals surface area contributed by atoms with Gasteiger partial charge in [0.15, 0.2) is 5.82 Å². The van der Waals surface area contributed by atoms with Crippen LogP contribution in [0.3, 0.4) is 0 Å². The molecule has 2 aromatic rings. The van der Waals surface area contributed by atoms with E-state index in [1.54, 1.807) is 24.3 Å². The minimum Gasteiger partial charge on any atom is -0.352 e. The van der Waals surface area contributed by atoms with Gasteiger partial charge in [0.2, 0.25) is 5.91 Å². The average molecular weight is 299 g/mol. The molecule has 0 bridgehead atoms. The first-order valence-electron chi connectivity index (χ1n) is 6.91. The SMILES string of the molecule is O=C1NCCN(C(=O)c2ccncc2F)[C@@H]1c1ccccc1. The molecule has 1 aromatic carbocycles. The van der Waals surface area contributed by atoms with Gasteiger partial charge >= 0.3 is 0 Å². The van der Waals surface area contributed by atoms with E-state index in [4.69, 9.17) is 0 Å². The van der Waals surface area contributed by atoms with Crippen molar-refractivity contribution >= 4 is 11.8 Å². The number of nitrogens with zero attached hydrogens (tertiary/aromatic N) is 2. The van der Waals surface area contributed by atoms with Crippen molar-refractivity contribution in [2.45, 2.75) is 6.04 Å². The normalized spacial score (nSPS) is 18.0. The van der Waals surface area contributed by atoms with E-state index in [9.17, 15) is 14.0 Å². The highest BCUT2D eigenvalue weighted by atomic mass is 19.1. The van der Waals surface area contributed by atoms with E-state index in [2.05, 4.69) is 10.3 Å². The summed E-state index contributed by atoms with van der Waals surface area (Å²) in [6.07, 6.45) is 2.35. The van der Waals surface area contributed by atoms with E-state index in [1.165, 1.54) is 17.2 Å². The van der Waals surface area contributed by atoms with Crippen molar-refractivity contribution in [2.24, 2.45) is 0 Å². The molecule has 2 heterocycles. The van der Waals surface area contributed by atoms with Crippen molar-refractivity contribution in [3.63, 3.8) is 0 Å². The van der Waals surface area contributed by atoms with Gasteiger partial charge in [0.05, 0.1) is 11.8 Å². The predicted octanol–water partition coefficient (Wildman–Crippen LogP) is 1.53. The van der Waals surface area contributed by atoms with Crippen LogP contribution in [0, 0.1) is 5.82 Å². The van der Waals surface area contributed by atoms with Gasteiger partial charge in [0.1, 0.15) is 6.04 Å². The van der Waals surface area contributed by atoms with Crippen molar-refractivity contribution in [1.29, 1.82) is 0 Å². The molecule has 6 heteroatoms. The first kappa shape index (κ1) is 14.2. The number of aromatic nitrogens is 1. The number of carbonyl (C=O) groups excluding carboxylic acids is 2. The number of rotatable bonds is 2. The average Bonchev–Trinajstić information content (AvgIpc) is 2.55. The number of carbonyl (C=O) groups is 2. The number of halogens is 1. The van der Waals surface area contributed by atoms with Crippen molar-refractivity contribution in [1.82, 2.24) is 15.2 Å². The molecule has 0 saturated carbocycles. The number of nitrogens with one attached hydrogen (secondary N) is 1. The van der Waals surface area contributed by atoms with E-state index in [-0.39, 0.29) is 11.5 Å². The van der Waals surface area contributed by atoms with Crippen LogP contribution in [0.5, 0.6) is 0 Å². The summed E-state index contributed by atoms with van der Waals surface area (Å²) in [5.74, 6) is -1.46. The summed E-state index contributed by atoms with van der Waals surface area (Å²) < 4.78 is 13.8. The van der Waals surface area contributed by atoms with Crippen LogP contribution in [0.2, 0.25) is 0 Å². The second kappa shape index (κ2) is 5.93. The Bertz CT molecular complexity index is 706. The molecule has 0 radical (unpaired) electrons. The van der Waals surface area contributed by atoms with Crippen molar-refractivity contribution in [3.8, 4) is 0 Å². The lowest BCUT2D eigenvalue weighted by Crippen LogP contribution is -2.52. The van der Waals surface area contributed by atoms with Crippen LogP contribution in [0.15, 0.2) is 48.8 Å². The van der Waals surface area contributed by atoms with Crippen LogP contribution in [-0.4, -0.2) is 34.8 Å². The maximum absolute atomic E-state index is 13.8. The number of hydrogen-bond donors (Lipinski definition) is 1. The van der Waals surface area contributed by atoms with Crippen LogP contribution >= 0.6 is 0 Å². The van der Waals surface area contributed by atoms with Crippen LogP contribution in [0.4, 0.5) is 4.39 Å². The monoisotopic (exact) mass is 299 g/mol. The molecule has 1 N–H and O–H groups in total. The molecule has 1 saturated heterocycles. The van der Waals surface area contributed by atoms with Crippen molar-refractivity contribution in [3.05, 3.63) is 65.7 Å². The molecular formula is C16H14FN3O2. The molecule has 1 aliphatic rings. The minimum absolute atomic E-state index is 0.0781. The van der Waals surface area contributed by atoms with Crippen LogP contribution < -0.4 is 5.32 Å². The molecular weight excluding hydrogens is 285 g/mol. The van der Waals surface area contributed by atoms with E-state index in [1.807, 2.05) is 6.07 Å². The van der Waals surface area contributed by atoms with Crippen LogP contribution in [-0.2, 0) is 4.79 Å². The minimum atomic E-state index is -0.755. The largest absolute Gasteiger partial charge is 0.352 e. The van der Waals surface area contributed by atoms with E-state index < -0.39 is 17.8 Å². The maximum Gasteiger partial charge on any atom is 0.257 e. The number of pyridine rings is 1. The fourth-order valence-electron chi connectivity index (χ4n) is 2.56. The number of piperazine rings is 1. The summed E-state index contributed by atoms with van der Waals surface area (Å²) in [6.45, 7) is 0.673. The topological polar surface area (TPSA) is 62.3 Å². The molecule has 22 heavy (non-hydrogen) atoms. The summed E-state index contributed by atoms with van der Waals surface area (Å²) in [7, 11) is 0. The molecule has 1 fully saturated rings. The summed E-state index contributed by atoms with van der Waals surface area (Å²) in [4.78, 5) is 29.9. The molecule has 2 amide bonds. The number of benzene rings is 1. The van der Waals surface area contributed by atoms with Crippen molar-refractivity contribution < 1.29 is 14.0 Å². The Labute approximate surface area is 126 Å². The Kier molecular flexibility index (Phi) is 3.82. The summed E-state index contributed by atoms with van der Waals surface area (Å²) in [5.41, 5.74) is 0.619.